The fraction of sp³-hybridized carbons (Fsp3) is 0.375. The first-order chi connectivity index (χ1) is 15.6. The van der Waals surface area contributed by atoms with Crippen molar-refractivity contribution in [3.8, 4) is 11.4 Å². The van der Waals surface area contributed by atoms with Crippen LogP contribution in [-0.2, 0) is 7.05 Å². The van der Waals surface area contributed by atoms with Crippen molar-refractivity contribution in [2.75, 3.05) is 11.9 Å². The van der Waals surface area contributed by atoms with E-state index in [4.69, 9.17) is 9.84 Å². The number of hydrogen-bond donors (Lipinski definition) is 1. The number of nitrogens with one attached hydrogen (secondary N) is 1. The summed E-state index contributed by atoms with van der Waals surface area (Å²) < 4.78 is 23.6. The third-order valence-electron chi connectivity index (χ3n) is 6.08. The van der Waals surface area contributed by atoms with E-state index in [1.807, 2.05) is 30.3 Å². The summed E-state index contributed by atoms with van der Waals surface area (Å²) in [6, 6.07) is 8.71. The summed E-state index contributed by atoms with van der Waals surface area (Å²) in [5, 5.41) is 13.7. The van der Waals surface area contributed by atoms with Gasteiger partial charge in [0.1, 0.15) is 11.5 Å². The van der Waals surface area contributed by atoms with Gasteiger partial charge in [-0.1, -0.05) is 12.1 Å². The van der Waals surface area contributed by atoms with E-state index in [9.17, 15) is 4.39 Å². The molecule has 0 aliphatic heterocycles. The molecule has 1 aliphatic carbocycles. The van der Waals surface area contributed by atoms with Crippen LogP contribution in [0.5, 0.6) is 5.75 Å². The maximum absolute atomic E-state index is 14.0. The smallest absolute Gasteiger partial charge is 0.165 e. The van der Waals surface area contributed by atoms with Gasteiger partial charge in [-0.25, -0.2) is 14.1 Å². The van der Waals surface area contributed by atoms with Gasteiger partial charge >= 0.3 is 0 Å². The Bertz CT molecular complexity index is 1220. The molecule has 0 bridgehead atoms. The maximum atomic E-state index is 14.0. The summed E-state index contributed by atoms with van der Waals surface area (Å²) in [5.74, 6) is 1.19. The minimum Gasteiger partial charge on any atom is -0.487 e. The first-order valence-corrected chi connectivity index (χ1v) is 11.1. The van der Waals surface area contributed by atoms with E-state index in [-0.39, 0.29) is 11.9 Å². The van der Waals surface area contributed by atoms with Crippen molar-refractivity contribution < 1.29 is 9.13 Å². The molecular weight excluding hydrogens is 407 g/mol. The van der Waals surface area contributed by atoms with Gasteiger partial charge in [-0.2, -0.15) is 10.2 Å². The Kier molecular flexibility index (Phi) is 5.51. The first-order valence-electron chi connectivity index (χ1n) is 11.1. The number of rotatable bonds is 6. The van der Waals surface area contributed by atoms with Gasteiger partial charge in [0.25, 0.3) is 0 Å². The highest BCUT2D eigenvalue weighted by molar-refractivity contribution is 5.85. The van der Waals surface area contributed by atoms with Crippen molar-refractivity contribution in [2.24, 2.45) is 7.05 Å². The average molecular weight is 435 g/mol. The van der Waals surface area contributed by atoms with Crippen LogP contribution in [0.1, 0.15) is 44.2 Å². The maximum Gasteiger partial charge on any atom is 0.165 e. The third kappa shape index (κ3) is 3.92. The zero-order valence-electron chi connectivity index (χ0n) is 18.3. The average Bonchev–Trinajstić information content (AvgIpc) is 3.39. The van der Waals surface area contributed by atoms with Gasteiger partial charge in [0, 0.05) is 24.9 Å². The van der Waals surface area contributed by atoms with E-state index in [0.717, 1.165) is 60.3 Å². The van der Waals surface area contributed by atoms with Crippen molar-refractivity contribution >= 4 is 16.7 Å². The lowest BCUT2D eigenvalue weighted by molar-refractivity contribution is 0.140. The van der Waals surface area contributed by atoms with Gasteiger partial charge in [0.2, 0.25) is 0 Å². The number of ether oxygens (including phenoxy) is 1. The van der Waals surface area contributed by atoms with Crippen LogP contribution in [0.25, 0.3) is 16.6 Å². The minimum absolute atomic E-state index is 0.0220. The number of fused-ring (bicyclic) bond motifs is 1. The van der Waals surface area contributed by atoms with Crippen LogP contribution >= 0.6 is 0 Å². The van der Waals surface area contributed by atoms with E-state index in [1.165, 1.54) is 6.07 Å². The Balaban J connectivity index is 1.42. The van der Waals surface area contributed by atoms with Gasteiger partial charge in [0.15, 0.2) is 11.6 Å². The Hall–Kier alpha value is -3.42. The molecule has 5 rings (SSSR count). The minimum atomic E-state index is -0.306. The van der Waals surface area contributed by atoms with Crippen LogP contribution in [0.15, 0.2) is 48.9 Å². The van der Waals surface area contributed by atoms with Crippen LogP contribution < -0.4 is 10.1 Å². The Morgan fingerprint density at radius 3 is 2.69 bits per heavy atom. The van der Waals surface area contributed by atoms with Gasteiger partial charge in [-0.15, -0.1) is 0 Å². The third-order valence-corrected chi connectivity index (χ3v) is 6.08. The SMILES string of the molecule is CCNc1cc2c(C3CCC(Oc4ccccc4F)CC3)nn(-c3cnn(C)c3)c2cn1. The van der Waals surface area contributed by atoms with Crippen LogP contribution in [-0.4, -0.2) is 37.2 Å². The molecule has 0 atom stereocenters. The molecular formula is C24H27FN6O. The van der Waals surface area contributed by atoms with Crippen molar-refractivity contribution in [3.63, 3.8) is 0 Å². The molecule has 1 fully saturated rings. The number of hydrogen-bond acceptors (Lipinski definition) is 5. The molecule has 3 aromatic heterocycles. The normalized spacial score (nSPS) is 18.7. The largest absolute Gasteiger partial charge is 0.487 e. The van der Waals surface area contributed by atoms with Crippen LogP contribution in [0, 0.1) is 5.82 Å². The molecule has 3 heterocycles. The molecule has 1 aromatic carbocycles. The van der Waals surface area contributed by atoms with Crippen molar-refractivity contribution in [1.29, 1.82) is 0 Å². The lowest BCUT2D eigenvalue weighted by Crippen LogP contribution is -2.24. The first kappa shape index (κ1) is 20.5. The molecule has 1 aliphatic rings. The molecule has 0 saturated heterocycles. The molecule has 1 N–H and O–H groups in total. The molecule has 0 spiro atoms. The fourth-order valence-electron chi connectivity index (χ4n) is 4.51. The van der Waals surface area contributed by atoms with Gasteiger partial charge < -0.3 is 10.1 Å². The predicted octanol–water partition coefficient (Wildman–Crippen LogP) is 4.83. The Morgan fingerprint density at radius 2 is 1.97 bits per heavy atom. The summed E-state index contributed by atoms with van der Waals surface area (Å²) in [4.78, 5) is 4.56. The molecule has 8 heteroatoms. The quantitative estimate of drug-likeness (QED) is 0.471. The van der Waals surface area contributed by atoms with Gasteiger partial charge in [-0.3, -0.25) is 4.68 Å². The van der Waals surface area contributed by atoms with Gasteiger partial charge in [-0.05, 0) is 50.8 Å². The molecule has 0 amide bonds. The Labute approximate surface area is 186 Å². The summed E-state index contributed by atoms with van der Waals surface area (Å²) in [6.07, 6.45) is 9.28. The topological polar surface area (TPSA) is 69.8 Å². The number of para-hydroxylation sites is 1. The lowest BCUT2D eigenvalue weighted by atomic mass is 9.84. The molecule has 32 heavy (non-hydrogen) atoms. The van der Waals surface area contributed by atoms with Crippen LogP contribution in [0.4, 0.5) is 10.2 Å². The number of pyridine rings is 1. The predicted molar refractivity (Wildman–Crippen MR) is 122 cm³/mol. The number of halogens is 1. The van der Waals surface area contributed by atoms with Crippen LogP contribution in [0.2, 0.25) is 0 Å². The second kappa shape index (κ2) is 8.61. The molecule has 0 radical (unpaired) electrons. The van der Waals surface area contributed by atoms with Crippen molar-refractivity contribution in [2.45, 2.75) is 44.6 Å². The number of benzene rings is 1. The van der Waals surface area contributed by atoms with E-state index in [0.29, 0.717) is 11.7 Å². The molecule has 7 nitrogen and oxygen atoms in total. The second-order valence-electron chi connectivity index (χ2n) is 8.31. The molecule has 0 unspecified atom stereocenters. The lowest BCUT2D eigenvalue weighted by Gasteiger charge is -2.28. The zero-order valence-corrected chi connectivity index (χ0v) is 18.3. The molecule has 1 saturated carbocycles. The monoisotopic (exact) mass is 434 g/mol. The standard InChI is InChI=1S/C24H27FN6O/c1-3-26-23-12-19-21(14-27-23)31(17-13-28-30(2)15-17)29-24(19)16-8-10-18(11-9-16)32-22-7-5-4-6-20(22)25/h4-7,12-16,18H,3,8-11H2,1-2H3,(H,26,27). The second-order valence-corrected chi connectivity index (χ2v) is 8.31. The van der Waals surface area contributed by atoms with Crippen LogP contribution in [0.3, 0.4) is 0 Å². The molecule has 166 valence electrons. The van der Waals surface area contributed by atoms with E-state index in [1.54, 1.807) is 22.9 Å². The fourth-order valence-corrected chi connectivity index (χ4v) is 4.51. The van der Waals surface area contributed by atoms with E-state index in [2.05, 4.69) is 28.4 Å². The number of anilines is 1. The van der Waals surface area contributed by atoms with Crippen molar-refractivity contribution in [1.82, 2.24) is 24.5 Å². The van der Waals surface area contributed by atoms with E-state index >= 15 is 0 Å². The molecule has 4 aromatic rings. The summed E-state index contributed by atoms with van der Waals surface area (Å²) >= 11 is 0. The highest BCUT2D eigenvalue weighted by Gasteiger charge is 2.28. The number of nitrogens with zero attached hydrogens (tertiary/aromatic N) is 5. The highest BCUT2D eigenvalue weighted by atomic mass is 19.1. The summed E-state index contributed by atoms with van der Waals surface area (Å²) in [7, 11) is 1.90. The zero-order chi connectivity index (χ0) is 22.1. The van der Waals surface area contributed by atoms with E-state index < -0.39 is 0 Å². The van der Waals surface area contributed by atoms with Crippen molar-refractivity contribution in [3.05, 3.63) is 60.4 Å². The number of aryl methyl sites for hydroxylation is 1. The number of aromatic nitrogens is 5. The highest BCUT2D eigenvalue weighted by Crippen LogP contribution is 2.38. The summed E-state index contributed by atoms with van der Waals surface area (Å²) in [6.45, 7) is 2.87. The Morgan fingerprint density at radius 1 is 1.16 bits per heavy atom. The van der Waals surface area contributed by atoms with Gasteiger partial charge in [0.05, 0.1) is 35.9 Å². The summed E-state index contributed by atoms with van der Waals surface area (Å²) in [5.41, 5.74) is 2.97.